The van der Waals surface area contributed by atoms with Crippen molar-refractivity contribution < 1.29 is 4.79 Å². The molecule has 1 aromatic heterocycles. The largest absolute Gasteiger partial charge is 0.351 e. The molecule has 3 rings (SSSR count). The number of benzene rings is 1. The van der Waals surface area contributed by atoms with E-state index in [0.717, 1.165) is 44.0 Å². The highest BCUT2D eigenvalue weighted by Crippen LogP contribution is 2.14. The first-order valence-electron chi connectivity index (χ1n) is 8.97. The third-order valence-corrected chi connectivity index (χ3v) is 5.13. The molecule has 1 aromatic carbocycles. The number of aromatic nitrogens is 1. The number of aryl methyl sites for hydroxylation is 1. The van der Waals surface area contributed by atoms with Crippen LogP contribution < -0.4 is 5.32 Å². The summed E-state index contributed by atoms with van der Waals surface area (Å²) in [5.74, 6) is 0.0407. The molecule has 2 heterocycles. The normalized spacial score (nSPS) is 15.8. The Bertz CT molecular complexity index is 744. The molecule has 1 amide bonds. The molecule has 1 N–H and O–H groups in total. The molecule has 0 atom stereocenters. The quantitative estimate of drug-likeness (QED) is 0.846. The molecule has 1 aliphatic heterocycles. The number of amides is 1. The summed E-state index contributed by atoms with van der Waals surface area (Å²) >= 11 is 6.12. The Morgan fingerprint density at radius 1 is 1.12 bits per heavy atom. The lowest BCUT2D eigenvalue weighted by Crippen LogP contribution is -2.49. The molecule has 0 spiro atoms. The van der Waals surface area contributed by atoms with Crippen LogP contribution >= 0.6 is 11.6 Å². The maximum atomic E-state index is 12.2. The standard InChI is InChI=1S/C20H25ClN4O/c1-16-5-4-8-22-19(16)14-24-9-11-25(12-10-24)15-20(26)23-13-17-6-2-3-7-18(17)21/h2-8H,9-15H2,1H3,(H,23,26). The fourth-order valence-corrected chi connectivity index (χ4v) is 3.30. The van der Waals surface area contributed by atoms with Crippen molar-refractivity contribution in [3.8, 4) is 0 Å². The molecule has 1 aliphatic rings. The maximum Gasteiger partial charge on any atom is 0.234 e. The highest BCUT2D eigenvalue weighted by molar-refractivity contribution is 6.31. The lowest BCUT2D eigenvalue weighted by atomic mass is 10.2. The van der Waals surface area contributed by atoms with Gasteiger partial charge in [-0.15, -0.1) is 0 Å². The van der Waals surface area contributed by atoms with Gasteiger partial charge in [0.1, 0.15) is 0 Å². The first-order valence-corrected chi connectivity index (χ1v) is 9.35. The summed E-state index contributed by atoms with van der Waals surface area (Å²) in [5.41, 5.74) is 3.31. The third kappa shape index (κ3) is 5.27. The fraction of sp³-hybridized carbons (Fsp3) is 0.400. The summed E-state index contributed by atoms with van der Waals surface area (Å²) in [6, 6.07) is 11.7. The van der Waals surface area contributed by atoms with E-state index in [1.807, 2.05) is 36.5 Å². The van der Waals surface area contributed by atoms with Gasteiger partial charge >= 0.3 is 0 Å². The molecule has 0 radical (unpaired) electrons. The van der Waals surface area contributed by atoms with Crippen LogP contribution in [0.2, 0.25) is 5.02 Å². The van der Waals surface area contributed by atoms with Gasteiger partial charge in [-0.05, 0) is 30.2 Å². The summed E-state index contributed by atoms with van der Waals surface area (Å²) in [7, 11) is 0. The van der Waals surface area contributed by atoms with Crippen LogP contribution in [-0.2, 0) is 17.9 Å². The Labute approximate surface area is 160 Å². The van der Waals surface area contributed by atoms with Gasteiger partial charge in [-0.25, -0.2) is 0 Å². The van der Waals surface area contributed by atoms with E-state index < -0.39 is 0 Å². The molecule has 138 valence electrons. The second kappa shape index (κ2) is 9.12. The lowest BCUT2D eigenvalue weighted by Gasteiger charge is -2.34. The van der Waals surface area contributed by atoms with Gasteiger partial charge in [0.15, 0.2) is 0 Å². The predicted molar refractivity (Wildman–Crippen MR) is 104 cm³/mol. The molecule has 5 nitrogen and oxygen atoms in total. The minimum atomic E-state index is 0.0407. The number of carbonyl (C=O) groups excluding carboxylic acids is 1. The van der Waals surface area contributed by atoms with Crippen molar-refractivity contribution in [1.29, 1.82) is 0 Å². The Morgan fingerprint density at radius 3 is 2.58 bits per heavy atom. The van der Waals surface area contributed by atoms with Crippen LogP contribution in [0.1, 0.15) is 16.8 Å². The Morgan fingerprint density at radius 2 is 1.85 bits per heavy atom. The molecule has 0 bridgehead atoms. The number of carbonyl (C=O) groups is 1. The van der Waals surface area contributed by atoms with Crippen molar-refractivity contribution in [1.82, 2.24) is 20.1 Å². The zero-order valence-corrected chi connectivity index (χ0v) is 15.9. The lowest BCUT2D eigenvalue weighted by molar-refractivity contribution is -0.122. The summed E-state index contributed by atoms with van der Waals surface area (Å²) < 4.78 is 0. The van der Waals surface area contributed by atoms with Gasteiger partial charge in [-0.2, -0.15) is 0 Å². The molecule has 1 fully saturated rings. The average molecular weight is 373 g/mol. The van der Waals surface area contributed by atoms with Gasteiger partial charge in [0, 0.05) is 50.5 Å². The molecule has 0 aliphatic carbocycles. The summed E-state index contributed by atoms with van der Waals surface area (Å²) in [4.78, 5) is 21.3. The molecule has 6 heteroatoms. The molecular weight excluding hydrogens is 348 g/mol. The Kier molecular flexibility index (Phi) is 6.61. The first-order chi connectivity index (χ1) is 12.6. The summed E-state index contributed by atoms with van der Waals surface area (Å²) in [5, 5.41) is 3.64. The SMILES string of the molecule is Cc1cccnc1CN1CCN(CC(=O)NCc2ccccc2Cl)CC1. The van der Waals surface area contributed by atoms with Crippen molar-refractivity contribution in [3.05, 3.63) is 64.4 Å². The van der Waals surface area contributed by atoms with Crippen LogP contribution in [0.25, 0.3) is 0 Å². The van der Waals surface area contributed by atoms with Gasteiger partial charge in [0.2, 0.25) is 5.91 Å². The topological polar surface area (TPSA) is 48.5 Å². The molecule has 26 heavy (non-hydrogen) atoms. The van der Waals surface area contributed by atoms with Crippen molar-refractivity contribution in [2.45, 2.75) is 20.0 Å². The Hall–Kier alpha value is -1.95. The second-order valence-electron chi connectivity index (χ2n) is 6.69. The van der Waals surface area contributed by atoms with Crippen LogP contribution in [0.15, 0.2) is 42.6 Å². The highest BCUT2D eigenvalue weighted by atomic mass is 35.5. The minimum absolute atomic E-state index is 0.0407. The monoisotopic (exact) mass is 372 g/mol. The summed E-state index contributed by atoms with van der Waals surface area (Å²) in [6.45, 7) is 7.57. The highest BCUT2D eigenvalue weighted by Gasteiger charge is 2.19. The zero-order chi connectivity index (χ0) is 18.4. The number of nitrogens with one attached hydrogen (secondary N) is 1. The third-order valence-electron chi connectivity index (χ3n) is 4.76. The van der Waals surface area contributed by atoms with Crippen molar-refractivity contribution in [2.75, 3.05) is 32.7 Å². The van der Waals surface area contributed by atoms with E-state index in [0.29, 0.717) is 18.1 Å². The van der Waals surface area contributed by atoms with E-state index in [2.05, 4.69) is 33.1 Å². The number of hydrogen-bond acceptors (Lipinski definition) is 4. The number of halogens is 1. The van der Waals surface area contributed by atoms with Gasteiger partial charge in [-0.3, -0.25) is 19.6 Å². The van der Waals surface area contributed by atoms with Gasteiger partial charge in [0.05, 0.1) is 12.2 Å². The van der Waals surface area contributed by atoms with Crippen LogP contribution in [0.3, 0.4) is 0 Å². The number of hydrogen-bond donors (Lipinski definition) is 1. The zero-order valence-electron chi connectivity index (χ0n) is 15.1. The van der Waals surface area contributed by atoms with Gasteiger partial charge in [0.25, 0.3) is 0 Å². The van der Waals surface area contributed by atoms with Crippen LogP contribution in [-0.4, -0.2) is 53.4 Å². The van der Waals surface area contributed by atoms with Crippen LogP contribution in [0.5, 0.6) is 0 Å². The van der Waals surface area contributed by atoms with E-state index in [9.17, 15) is 4.79 Å². The fourth-order valence-electron chi connectivity index (χ4n) is 3.10. The van der Waals surface area contributed by atoms with E-state index in [1.54, 1.807) is 0 Å². The van der Waals surface area contributed by atoms with E-state index in [-0.39, 0.29) is 5.91 Å². The smallest absolute Gasteiger partial charge is 0.234 e. The number of rotatable bonds is 6. The van der Waals surface area contributed by atoms with Crippen LogP contribution in [0.4, 0.5) is 0 Å². The average Bonchev–Trinajstić information content (AvgIpc) is 2.64. The van der Waals surface area contributed by atoms with E-state index in [1.165, 1.54) is 5.56 Å². The molecule has 2 aromatic rings. The molecule has 0 saturated carbocycles. The number of nitrogens with zero attached hydrogens (tertiary/aromatic N) is 3. The molecule has 1 saturated heterocycles. The molecule has 0 unspecified atom stereocenters. The van der Waals surface area contributed by atoms with Crippen molar-refractivity contribution >= 4 is 17.5 Å². The Balaban J connectivity index is 1.40. The van der Waals surface area contributed by atoms with E-state index in [4.69, 9.17) is 11.6 Å². The van der Waals surface area contributed by atoms with Crippen molar-refractivity contribution in [2.24, 2.45) is 0 Å². The maximum absolute atomic E-state index is 12.2. The minimum Gasteiger partial charge on any atom is -0.351 e. The van der Waals surface area contributed by atoms with Gasteiger partial charge in [-0.1, -0.05) is 35.9 Å². The number of pyridine rings is 1. The first kappa shape index (κ1) is 18.8. The van der Waals surface area contributed by atoms with Crippen molar-refractivity contribution in [3.63, 3.8) is 0 Å². The summed E-state index contributed by atoms with van der Waals surface area (Å²) in [6.07, 6.45) is 1.85. The predicted octanol–water partition coefficient (Wildman–Crippen LogP) is 2.48. The molecular formula is C20H25ClN4O. The van der Waals surface area contributed by atoms with Crippen LogP contribution in [0, 0.1) is 6.92 Å². The van der Waals surface area contributed by atoms with Gasteiger partial charge < -0.3 is 5.32 Å². The van der Waals surface area contributed by atoms with E-state index >= 15 is 0 Å². The second-order valence-corrected chi connectivity index (χ2v) is 7.09. The number of piperazine rings is 1.